The van der Waals surface area contributed by atoms with Crippen LogP contribution >= 0.6 is 27.3 Å². The van der Waals surface area contributed by atoms with E-state index in [4.69, 9.17) is 0 Å². The predicted octanol–water partition coefficient (Wildman–Crippen LogP) is 4.19. The molecule has 2 unspecified atom stereocenters. The van der Waals surface area contributed by atoms with Crippen molar-refractivity contribution in [2.24, 2.45) is 0 Å². The fourth-order valence-electron chi connectivity index (χ4n) is 2.55. The lowest BCUT2D eigenvalue weighted by Crippen LogP contribution is -2.10. The number of nitrogens with one attached hydrogen (secondary N) is 1. The van der Waals surface area contributed by atoms with Gasteiger partial charge in [0, 0.05) is 9.35 Å². The molecule has 3 rings (SSSR count). The first-order valence-electron chi connectivity index (χ1n) is 6.79. The Morgan fingerprint density at radius 1 is 1.48 bits per heavy atom. The van der Waals surface area contributed by atoms with Crippen molar-refractivity contribution in [3.8, 4) is 0 Å². The molecule has 0 aliphatic heterocycles. The minimum atomic E-state index is -0.772. The van der Waals surface area contributed by atoms with Crippen molar-refractivity contribution in [1.82, 2.24) is 4.98 Å². The second-order valence-corrected chi connectivity index (χ2v) is 7.17. The average Bonchev–Trinajstić information content (AvgIpc) is 2.98. The van der Waals surface area contributed by atoms with Gasteiger partial charge in [0.1, 0.15) is 5.92 Å². The van der Waals surface area contributed by atoms with Crippen molar-refractivity contribution in [3.05, 3.63) is 44.9 Å². The van der Waals surface area contributed by atoms with Crippen LogP contribution < -0.4 is 5.32 Å². The number of aryl methyl sites for hydroxylation is 1. The van der Waals surface area contributed by atoms with Crippen LogP contribution in [0.1, 0.15) is 41.4 Å². The summed E-state index contributed by atoms with van der Waals surface area (Å²) in [5, 5.41) is 13.4. The molecule has 2 atom stereocenters. The van der Waals surface area contributed by atoms with E-state index in [-0.39, 0.29) is 6.04 Å². The van der Waals surface area contributed by atoms with Gasteiger partial charge in [-0.1, -0.05) is 28.1 Å². The maximum atomic E-state index is 11.2. The number of carboxylic acids is 1. The Labute approximate surface area is 135 Å². The van der Waals surface area contributed by atoms with Gasteiger partial charge in [-0.2, -0.15) is 0 Å². The van der Waals surface area contributed by atoms with Crippen molar-refractivity contribution in [2.45, 2.75) is 31.7 Å². The summed E-state index contributed by atoms with van der Waals surface area (Å²) in [4.78, 5) is 16.8. The van der Waals surface area contributed by atoms with E-state index in [0.717, 1.165) is 26.6 Å². The number of aromatic nitrogens is 1. The van der Waals surface area contributed by atoms with Gasteiger partial charge in [0.05, 0.1) is 11.7 Å². The molecule has 0 saturated carbocycles. The first kappa shape index (κ1) is 14.5. The molecule has 1 aromatic carbocycles. The van der Waals surface area contributed by atoms with Crippen LogP contribution in [-0.4, -0.2) is 16.1 Å². The molecule has 1 aromatic heterocycles. The van der Waals surface area contributed by atoms with E-state index in [2.05, 4.69) is 45.3 Å². The van der Waals surface area contributed by atoms with Crippen LogP contribution in [0.5, 0.6) is 0 Å². The van der Waals surface area contributed by atoms with Gasteiger partial charge >= 0.3 is 5.97 Å². The molecule has 0 amide bonds. The summed E-state index contributed by atoms with van der Waals surface area (Å²) in [6, 6.07) is 8.27. The number of aliphatic carboxylic acids is 1. The molecule has 0 fully saturated rings. The number of carbonyl (C=O) groups is 1. The molecule has 0 spiro atoms. The highest BCUT2D eigenvalue weighted by Gasteiger charge is 2.32. The second-order valence-electron chi connectivity index (χ2n) is 5.17. The first-order chi connectivity index (χ1) is 10.0. The van der Waals surface area contributed by atoms with E-state index >= 15 is 0 Å². The SMILES string of the molecule is CC(Nc1nc2c(s1)CCC2C(=O)O)c1ccc(Br)cc1. The Hall–Kier alpha value is -1.40. The molecule has 0 saturated heterocycles. The van der Waals surface area contributed by atoms with Gasteiger partial charge in [0.25, 0.3) is 0 Å². The molecule has 4 nitrogen and oxygen atoms in total. The number of nitrogens with zero attached hydrogens (tertiary/aromatic N) is 1. The zero-order valence-corrected chi connectivity index (χ0v) is 13.9. The highest BCUT2D eigenvalue weighted by atomic mass is 79.9. The summed E-state index contributed by atoms with van der Waals surface area (Å²) in [5.74, 6) is -1.21. The first-order valence-corrected chi connectivity index (χ1v) is 8.40. The maximum Gasteiger partial charge on any atom is 0.312 e. The molecule has 2 N–H and O–H groups in total. The number of thiazole rings is 1. The average molecular weight is 367 g/mol. The van der Waals surface area contributed by atoms with Crippen molar-refractivity contribution in [2.75, 3.05) is 5.32 Å². The number of hydrogen-bond acceptors (Lipinski definition) is 4. The Morgan fingerprint density at radius 3 is 2.86 bits per heavy atom. The molecular weight excluding hydrogens is 352 g/mol. The van der Waals surface area contributed by atoms with E-state index in [1.165, 1.54) is 5.56 Å². The van der Waals surface area contributed by atoms with Gasteiger partial charge in [-0.05, 0) is 37.5 Å². The van der Waals surface area contributed by atoms with Crippen molar-refractivity contribution in [1.29, 1.82) is 0 Å². The third-order valence-electron chi connectivity index (χ3n) is 3.73. The van der Waals surface area contributed by atoms with E-state index in [1.807, 2.05) is 12.1 Å². The quantitative estimate of drug-likeness (QED) is 0.851. The number of benzene rings is 1. The number of anilines is 1. The Bertz CT molecular complexity index is 669. The van der Waals surface area contributed by atoms with E-state index in [0.29, 0.717) is 6.42 Å². The number of fused-ring (bicyclic) bond motifs is 1. The highest BCUT2D eigenvalue weighted by molar-refractivity contribution is 9.10. The van der Waals surface area contributed by atoms with Gasteiger partial charge in [-0.3, -0.25) is 4.79 Å². The van der Waals surface area contributed by atoms with Gasteiger partial charge in [-0.15, -0.1) is 11.3 Å². The molecular formula is C15H15BrN2O2S. The molecule has 0 bridgehead atoms. The van der Waals surface area contributed by atoms with Crippen LogP contribution in [0.2, 0.25) is 0 Å². The number of hydrogen-bond donors (Lipinski definition) is 2. The van der Waals surface area contributed by atoms with Gasteiger partial charge in [0.2, 0.25) is 0 Å². The van der Waals surface area contributed by atoms with Crippen molar-refractivity contribution >= 4 is 38.4 Å². The van der Waals surface area contributed by atoms with Crippen LogP contribution in [0.3, 0.4) is 0 Å². The van der Waals surface area contributed by atoms with E-state index < -0.39 is 11.9 Å². The molecule has 1 heterocycles. The zero-order valence-electron chi connectivity index (χ0n) is 11.5. The summed E-state index contributed by atoms with van der Waals surface area (Å²) in [6.45, 7) is 2.07. The van der Waals surface area contributed by atoms with Gasteiger partial charge in [0.15, 0.2) is 5.13 Å². The fourth-order valence-corrected chi connectivity index (χ4v) is 3.94. The Kier molecular flexibility index (Phi) is 3.99. The summed E-state index contributed by atoms with van der Waals surface area (Å²) < 4.78 is 1.05. The van der Waals surface area contributed by atoms with Gasteiger partial charge < -0.3 is 10.4 Å². The number of rotatable bonds is 4. The van der Waals surface area contributed by atoms with Crippen LogP contribution in [-0.2, 0) is 11.2 Å². The van der Waals surface area contributed by atoms with Crippen LogP contribution in [0.4, 0.5) is 5.13 Å². The molecule has 2 aromatic rings. The maximum absolute atomic E-state index is 11.2. The van der Waals surface area contributed by atoms with E-state index in [1.54, 1.807) is 11.3 Å². The molecule has 0 radical (unpaired) electrons. The molecule has 110 valence electrons. The molecule has 21 heavy (non-hydrogen) atoms. The zero-order chi connectivity index (χ0) is 15.0. The fraction of sp³-hybridized carbons (Fsp3) is 0.333. The number of carboxylic acid groups (broad SMARTS) is 1. The van der Waals surface area contributed by atoms with Crippen molar-refractivity contribution < 1.29 is 9.90 Å². The number of halogens is 1. The molecule has 6 heteroatoms. The second kappa shape index (κ2) is 5.77. The third-order valence-corrected chi connectivity index (χ3v) is 5.32. The normalized spacial score (nSPS) is 18.3. The van der Waals surface area contributed by atoms with E-state index in [9.17, 15) is 9.90 Å². The summed E-state index contributed by atoms with van der Waals surface area (Å²) in [7, 11) is 0. The smallest absolute Gasteiger partial charge is 0.312 e. The summed E-state index contributed by atoms with van der Waals surface area (Å²) in [6.07, 6.45) is 1.49. The minimum absolute atomic E-state index is 0.132. The standard InChI is InChI=1S/C15H15BrN2O2S/c1-8(9-2-4-10(16)5-3-9)17-15-18-13-11(14(19)20)6-7-12(13)21-15/h2-5,8,11H,6-7H2,1H3,(H,17,18)(H,19,20). The molecule has 1 aliphatic rings. The third kappa shape index (κ3) is 2.96. The van der Waals surface area contributed by atoms with Crippen molar-refractivity contribution in [3.63, 3.8) is 0 Å². The summed E-state index contributed by atoms with van der Waals surface area (Å²) >= 11 is 5.00. The van der Waals surface area contributed by atoms with Crippen LogP contribution in [0.15, 0.2) is 28.7 Å². The Morgan fingerprint density at radius 2 is 2.19 bits per heavy atom. The Balaban J connectivity index is 1.76. The van der Waals surface area contributed by atoms with Gasteiger partial charge in [-0.25, -0.2) is 4.98 Å². The lowest BCUT2D eigenvalue weighted by atomic mass is 10.1. The highest BCUT2D eigenvalue weighted by Crippen LogP contribution is 2.39. The molecule has 1 aliphatic carbocycles. The predicted molar refractivity (Wildman–Crippen MR) is 87.0 cm³/mol. The minimum Gasteiger partial charge on any atom is -0.481 e. The van der Waals surface area contributed by atoms with Crippen LogP contribution in [0, 0.1) is 0 Å². The largest absolute Gasteiger partial charge is 0.481 e. The monoisotopic (exact) mass is 366 g/mol. The lowest BCUT2D eigenvalue weighted by molar-refractivity contribution is -0.138. The summed E-state index contributed by atoms with van der Waals surface area (Å²) in [5.41, 5.74) is 1.92. The lowest BCUT2D eigenvalue weighted by Gasteiger charge is -2.13. The van der Waals surface area contributed by atoms with Crippen LogP contribution in [0.25, 0.3) is 0 Å². The topological polar surface area (TPSA) is 62.2 Å².